The summed E-state index contributed by atoms with van der Waals surface area (Å²) in [6, 6.07) is 8.95. The summed E-state index contributed by atoms with van der Waals surface area (Å²) < 4.78 is 13.1. The number of nitrogens with two attached hydrogens (primary N) is 1. The van der Waals surface area contributed by atoms with Crippen LogP contribution in [-0.4, -0.2) is 0 Å². The first-order valence-electron chi connectivity index (χ1n) is 5.03. The number of nitrogen functional groups attached to an aromatic ring is 1. The molecule has 0 amide bonds. The highest BCUT2D eigenvalue weighted by molar-refractivity contribution is 7.09. The Kier molecular flexibility index (Phi) is 3.54. The van der Waals surface area contributed by atoms with Crippen molar-refractivity contribution in [2.24, 2.45) is 0 Å². The van der Waals surface area contributed by atoms with Crippen molar-refractivity contribution in [1.29, 1.82) is 0 Å². The predicted octanol–water partition coefficient (Wildman–Crippen LogP) is 2.76. The Morgan fingerprint density at radius 1 is 1.19 bits per heavy atom. The second-order valence-corrected chi connectivity index (χ2v) is 4.53. The summed E-state index contributed by atoms with van der Waals surface area (Å²) in [5.41, 5.74) is 6.67. The number of benzene rings is 1. The molecule has 1 heterocycles. The van der Waals surface area contributed by atoms with Gasteiger partial charge >= 0.3 is 0 Å². The fourth-order valence-electron chi connectivity index (χ4n) is 1.47. The number of rotatable bonds is 4. The van der Waals surface area contributed by atoms with Crippen molar-refractivity contribution in [1.82, 2.24) is 5.32 Å². The van der Waals surface area contributed by atoms with Gasteiger partial charge in [-0.2, -0.15) is 0 Å². The Labute approximate surface area is 97.9 Å². The Balaban J connectivity index is 1.92. The predicted molar refractivity (Wildman–Crippen MR) is 65.7 cm³/mol. The van der Waals surface area contributed by atoms with E-state index in [0.717, 1.165) is 12.1 Å². The number of hydrogen-bond donors (Lipinski definition) is 2. The third-order valence-electron chi connectivity index (χ3n) is 2.34. The molecule has 3 N–H and O–H groups in total. The average Bonchev–Trinajstić information content (AvgIpc) is 2.77. The molecule has 2 nitrogen and oxygen atoms in total. The molecule has 0 aliphatic heterocycles. The maximum atomic E-state index is 13.1. The summed E-state index contributed by atoms with van der Waals surface area (Å²) in [4.78, 5) is 1.26. The molecule has 2 rings (SSSR count). The molecule has 2 aromatic rings. The van der Waals surface area contributed by atoms with Gasteiger partial charge in [-0.25, -0.2) is 4.39 Å². The molecular formula is C12H13FN2S. The number of hydrogen-bond acceptors (Lipinski definition) is 3. The third-order valence-corrected chi connectivity index (χ3v) is 3.21. The monoisotopic (exact) mass is 236 g/mol. The van der Waals surface area contributed by atoms with Gasteiger partial charge in [-0.05, 0) is 23.1 Å². The molecule has 0 spiro atoms. The van der Waals surface area contributed by atoms with E-state index in [1.165, 1.54) is 10.9 Å². The molecule has 0 aliphatic carbocycles. The van der Waals surface area contributed by atoms with Gasteiger partial charge in [0, 0.05) is 18.0 Å². The van der Waals surface area contributed by atoms with Gasteiger partial charge in [0.25, 0.3) is 0 Å². The molecule has 16 heavy (non-hydrogen) atoms. The number of nitrogens with one attached hydrogen (secondary N) is 1. The van der Waals surface area contributed by atoms with E-state index in [1.54, 1.807) is 17.4 Å². The van der Waals surface area contributed by atoms with Crippen molar-refractivity contribution in [3.63, 3.8) is 0 Å². The summed E-state index contributed by atoms with van der Waals surface area (Å²) in [5.74, 6) is -0.351. The van der Waals surface area contributed by atoms with Crippen LogP contribution in [0.4, 0.5) is 10.1 Å². The van der Waals surface area contributed by atoms with Gasteiger partial charge in [0.05, 0.1) is 5.69 Å². The van der Waals surface area contributed by atoms with E-state index in [9.17, 15) is 4.39 Å². The number of thiophene rings is 1. The molecule has 4 heteroatoms. The molecule has 0 atom stereocenters. The number of halogens is 1. The van der Waals surface area contributed by atoms with E-state index >= 15 is 0 Å². The summed E-state index contributed by atoms with van der Waals surface area (Å²) in [6.07, 6.45) is 0. The van der Waals surface area contributed by atoms with E-state index in [0.29, 0.717) is 6.54 Å². The lowest BCUT2D eigenvalue weighted by Crippen LogP contribution is -2.13. The minimum Gasteiger partial charge on any atom is -0.396 e. The van der Waals surface area contributed by atoms with Crippen molar-refractivity contribution in [3.05, 3.63) is 52.0 Å². The average molecular weight is 236 g/mol. The van der Waals surface area contributed by atoms with Crippen LogP contribution in [0.5, 0.6) is 0 Å². The first kappa shape index (κ1) is 11.1. The van der Waals surface area contributed by atoms with Gasteiger partial charge in [-0.3, -0.25) is 0 Å². The maximum Gasteiger partial charge on any atom is 0.146 e. The van der Waals surface area contributed by atoms with Crippen LogP contribution < -0.4 is 11.1 Å². The lowest BCUT2D eigenvalue weighted by atomic mass is 10.1. The second-order valence-electron chi connectivity index (χ2n) is 3.50. The zero-order valence-electron chi connectivity index (χ0n) is 8.74. The van der Waals surface area contributed by atoms with Crippen LogP contribution in [-0.2, 0) is 13.1 Å². The summed E-state index contributed by atoms with van der Waals surface area (Å²) in [6.45, 7) is 1.37. The van der Waals surface area contributed by atoms with E-state index < -0.39 is 0 Å². The molecule has 0 radical (unpaired) electrons. The Bertz CT molecular complexity index is 454. The molecular weight excluding hydrogens is 223 g/mol. The van der Waals surface area contributed by atoms with E-state index in [1.807, 2.05) is 17.5 Å². The fourth-order valence-corrected chi connectivity index (χ4v) is 2.14. The first-order chi connectivity index (χ1) is 7.77. The zero-order chi connectivity index (χ0) is 11.4. The number of para-hydroxylation sites is 1. The molecule has 0 bridgehead atoms. The standard InChI is InChI=1S/C12H13FN2S/c13-11-5-1-3-9(12(11)14)7-15-8-10-4-2-6-16-10/h1-6,15H,7-8,14H2. The lowest BCUT2D eigenvalue weighted by Gasteiger charge is -2.07. The summed E-state index contributed by atoms with van der Waals surface area (Å²) in [5, 5.41) is 5.27. The first-order valence-corrected chi connectivity index (χ1v) is 5.91. The van der Waals surface area contributed by atoms with E-state index in [4.69, 9.17) is 5.73 Å². The maximum absolute atomic E-state index is 13.1. The second kappa shape index (κ2) is 5.09. The number of anilines is 1. The van der Waals surface area contributed by atoms with Gasteiger partial charge in [-0.15, -0.1) is 11.3 Å². The Hall–Kier alpha value is -1.39. The van der Waals surface area contributed by atoms with Crippen LogP contribution >= 0.6 is 11.3 Å². The zero-order valence-corrected chi connectivity index (χ0v) is 9.56. The van der Waals surface area contributed by atoms with Gasteiger partial charge in [0.15, 0.2) is 0 Å². The van der Waals surface area contributed by atoms with Crippen LogP contribution in [0.3, 0.4) is 0 Å². The van der Waals surface area contributed by atoms with Gasteiger partial charge < -0.3 is 11.1 Å². The molecule has 0 fully saturated rings. The topological polar surface area (TPSA) is 38.0 Å². The van der Waals surface area contributed by atoms with Crippen molar-refractivity contribution < 1.29 is 4.39 Å². The Morgan fingerprint density at radius 2 is 2.06 bits per heavy atom. The summed E-state index contributed by atoms with van der Waals surface area (Å²) in [7, 11) is 0. The van der Waals surface area contributed by atoms with Gasteiger partial charge in [0.2, 0.25) is 0 Å². The molecule has 0 saturated carbocycles. The van der Waals surface area contributed by atoms with E-state index in [-0.39, 0.29) is 11.5 Å². The van der Waals surface area contributed by atoms with Crippen molar-refractivity contribution >= 4 is 17.0 Å². The van der Waals surface area contributed by atoms with Crippen LogP contribution in [0, 0.1) is 5.82 Å². The molecule has 1 aromatic heterocycles. The fraction of sp³-hybridized carbons (Fsp3) is 0.167. The molecule has 1 aromatic carbocycles. The minimum atomic E-state index is -0.351. The van der Waals surface area contributed by atoms with Crippen LogP contribution in [0.2, 0.25) is 0 Å². The molecule has 0 unspecified atom stereocenters. The van der Waals surface area contributed by atoms with Crippen molar-refractivity contribution in [3.8, 4) is 0 Å². The SMILES string of the molecule is Nc1c(F)cccc1CNCc1cccs1. The highest BCUT2D eigenvalue weighted by Gasteiger charge is 2.03. The normalized spacial score (nSPS) is 10.6. The summed E-state index contributed by atoms with van der Waals surface area (Å²) >= 11 is 1.70. The van der Waals surface area contributed by atoms with Crippen molar-refractivity contribution in [2.45, 2.75) is 13.1 Å². The van der Waals surface area contributed by atoms with Crippen LogP contribution in [0.15, 0.2) is 35.7 Å². The Morgan fingerprint density at radius 3 is 2.81 bits per heavy atom. The van der Waals surface area contributed by atoms with Crippen LogP contribution in [0.1, 0.15) is 10.4 Å². The van der Waals surface area contributed by atoms with Gasteiger partial charge in [0.1, 0.15) is 5.82 Å². The van der Waals surface area contributed by atoms with Crippen molar-refractivity contribution in [2.75, 3.05) is 5.73 Å². The van der Waals surface area contributed by atoms with Gasteiger partial charge in [-0.1, -0.05) is 18.2 Å². The molecule has 0 saturated heterocycles. The molecule has 84 valence electrons. The van der Waals surface area contributed by atoms with Crippen LogP contribution in [0.25, 0.3) is 0 Å². The smallest absolute Gasteiger partial charge is 0.146 e. The third kappa shape index (κ3) is 2.59. The highest BCUT2D eigenvalue weighted by atomic mass is 32.1. The quantitative estimate of drug-likeness (QED) is 0.801. The molecule has 0 aliphatic rings. The lowest BCUT2D eigenvalue weighted by molar-refractivity contribution is 0.626. The highest BCUT2D eigenvalue weighted by Crippen LogP contribution is 2.15. The largest absolute Gasteiger partial charge is 0.396 e. The van der Waals surface area contributed by atoms with E-state index in [2.05, 4.69) is 11.4 Å². The minimum absolute atomic E-state index is 0.237.